The molecular weight excluding hydrogens is 134 g/mol. The molecule has 2 rings (SSSR count). The lowest BCUT2D eigenvalue weighted by atomic mass is 9.91. The minimum absolute atomic E-state index is 0.701. The number of likely N-dealkylation sites (tertiary alicyclic amines) is 1. The predicted molar refractivity (Wildman–Crippen MR) is 47.6 cm³/mol. The lowest BCUT2D eigenvalue weighted by Crippen LogP contribution is -2.43. The van der Waals surface area contributed by atoms with Gasteiger partial charge in [-0.3, -0.25) is 4.90 Å². The van der Waals surface area contributed by atoms with Gasteiger partial charge in [0.05, 0.1) is 0 Å². The van der Waals surface area contributed by atoms with E-state index < -0.39 is 0 Å². The Hall–Kier alpha value is -0.0400. The molecule has 1 saturated carbocycles. The van der Waals surface area contributed by atoms with Crippen LogP contribution in [-0.2, 0) is 0 Å². The summed E-state index contributed by atoms with van der Waals surface area (Å²) in [6.45, 7) is 7.34. The fraction of sp³-hybridized carbons (Fsp3) is 1.00. The lowest BCUT2D eigenvalue weighted by molar-refractivity contribution is 0.106. The minimum atomic E-state index is 0.701. The van der Waals surface area contributed by atoms with E-state index in [-0.39, 0.29) is 0 Å². The van der Waals surface area contributed by atoms with Crippen LogP contribution < -0.4 is 0 Å². The molecule has 2 aliphatic rings. The van der Waals surface area contributed by atoms with Crippen LogP contribution in [-0.4, -0.2) is 23.5 Å². The molecule has 2 fully saturated rings. The van der Waals surface area contributed by atoms with Crippen LogP contribution in [0.2, 0.25) is 0 Å². The largest absolute Gasteiger partial charge is 0.298 e. The second kappa shape index (κ2) is 2.48. The zero-order valence-electron chi connectivity index (χ0n) is 7.77. The van der Waals surface area contributed by atoms with Crippen LogP contribution in [0.1, 0.15) is 39.5 Å². The molecule has 1 unspecified atom stereocenters. The third kappa shape index (κ3) is 1.20. The molecule has 0 amide bonds. The summed E-state index contributed by atoms with van der Waals surface area (Å²) in [6, 6.07) is 0. The molecule has 1 aliphatic heterocycles. The Balaban J connectivity index is 2.02. The predicted octanol–water partition coefficient (Wildman–Crippen LogP) is 2.27. The van der Waals surface area contributed by atoms with Crippen molar-refractivity contribution in [3.8, 4) is 0 Å². The van der Waals surface area contributed by atoms with Gasteiger partial charge in [0, 0.05) is 5.54 Å². The van der Waals surface area contributed by atoms with Gasteiger partial charge in [-0.15, -0.1) is 0 Å². The Kier molecular flexibility index (Phi) is 1.71. The van der Waals surface area contributed by atoms with Gasteiger partial charge in [0.15, 0.2) is 0 Å². The van der Waals surface area contributed by atoms with Crippen LogP contribution >= 0.6 is 0 Å². The first-order chi connectivity index (χ1) is 5.27. The summed E-state index contributed by atoms with van der Waals surface area (Å²) in [5.41, 5.74) is 0.701. The van der Waals surface area contributed by atoms with Crippen molar-refractivity contribution >= 4 is 0 Å². The maximum Gasteiger partial charge on any atom is 0.0213 e. The summed E-state index contributed by atoms with van der Waals surface area (Å²) in [4.78, 5) is 2.70. The third-order valence-corrected chi connectivity index (χ3v) is 3.50. The number of piperidine rings is 1. The standard InChI is InChI=1S/C10H19N/c1-3-11-7-4-9(2)8-10(11)5-6-10/h9H,3-8H2,1-2H3. The highest BCUT2D eigenvalue weighted by Crippen LogP contribution is 2.49. The maximum atomic E-state index is 2.70. The molecule has 11 heavy (non-hydrogen) atoms. The van der Waals surface area contributed by atoms with Crippen molar-refractivity contribution < 1.29 is 0 Å². The Morgan fingerprint density at radius 2 is 2.18 bits per heavy atom. The molecule has 0 bridgehead atoms. The Bertz CT molecular complexity index is 149. The molecule has 1 aliphatic carbocycles. The lowest BCUT2D eigenvalue weighted by Gasteiger charge is -2.38. The molecule has 1 heterocycles. The highest BCUT2D eigenvalue weighted by Gasteiger charge is 2.49. The van der Waals surface area contributed by atoms with Gasteiger partial charge < -0.3 is 0 Å². The van der Waals surface area contributed by atoms with Crippen LogP contribution in [0, 0.1) is 5.92 Å². The smallest absolute Gasteiger partial charge is 0.0213 e. The fourth-order valence-electron chi connectivity index (χ4n) is 2.65. The summed E-state index contributed by atoms with van der Waals surface area (Å²) in [6.07, 6.45) is 5.85. The van der Waals surface area contributed by atoms with Crippen molar-refractivity contribution in [2.75, 3.05) is 13.1 Å². The zero-order chi connectivity index (χ0) is 7.90. The van der Waals surface area contributed by atoms with E-state index in [2.05, 4.69) is 18.7 Å². The summed E-state index contributed by atoms with van der Waals surface area (Å²) >= 11 is 0. The van der Waals surface area contributed by atoms with Crippen molar-refractivity contribution in [1.29, 1.82) is 0 Å². The summed E-state index contributed by atoms with van der Waals surface area (Å²) in [5, 5.41) is 0. The highest BCUT2D eigenvalue weighted by atomic mass is 15.2. The first-order valence-electron chi connectivity index (χ1n) is 5.02. The average Bonchev–Trinajstić information content (AvgIpc) is 2.70. The fourth-order valence-corrected chi connectivity index (χ4v) is 2.65. The van der Waals surface area contributed by atoms with E-state index in [4.69, 9.17) is 0 Å². The monoisotopic (exact) mass is 153 g/mol. The minimum Gasteiger partial charge on any atom is -0.298 e. The number of hydrogen-bond acceptors (Lipinski definition) is 1. The molecule has 0 radical (unpaired) electrons. The molecular formula is C10H19N. The van der Waals surface area contributed by atoms with Gasteiger partial charge in [-0.25, -0.2) is 0 Å². The topological polar surface area (TPSA) is 3.24 Å². The highest BCUT2D eigenvalue weighted by molar-refractivity contribution is 5.06. The Labute approximate surface area is 69.8 Å². The average molecular weight is 153 g/mol. The summed E-state index contributed by atoms with van der Waals surface area (Å²) < 4.78 is 0. The van der Waals surface area contributed by atoms with Gasteiger partial charge in [-0.05, 0) is 44.7 Å². The first kappa shape index (κ1) is 7.60. The van der Waals surface area contributed by atoms with Crippen LogP contribution in [0.4, 0.5) is 0 Å². The van der Waals surface area contributed by atoms with Gasteiger partial charge in [0.1, 0.15) is 0 Å². The van der Waals surface area contributed by atoms with Crippen molar-refractivity contribution in [3.63, 3.8) is 0 Å². The second-order valence-electron chi connectivity index (χ2n) is 4.40. The van der Waals surface area contributed by atoms with Crippen LogP contribution in [0.25, 0.3) is 0 Å². The number of nitrogens with zero attached hydrogens (tertiary/aromatic N) is 1. The maximum absolute atomic E-state index is 2.70. The molecule has 1 spiro atoms. The molecule has 0 aromatic carbocycles. The van der Waals surface area contributed by atoms with Gasteiger partial charge in [-0.1, -0.05) is 13.8 Å². The third-order valence-electron chi connectivity index (χ3n) is 3.50. The van der Waals surface area contributed by atoms with Crippen molar-refractivity contribution in [1.82, 2.24) is 4.90 Å². The van der Waals surface area contributed by atoms with E-state index in [0.29, 0.717) is 5.54 Å². The normalized spacial score (nSPS) is 36.0. The number of hydrogen-bond donors (Lipinski definition) is 0. The van der Waals surface area contributed by atoms with E-state index in [9.17, 15) is 0 Å². The van der Waals surface area contributed by atoms with Gasteiger partial charge in [0.2, 0.25) is 0 Å². The number of rotatable bonds is 1. The van der Waals surface area contributed by atoms with E-state index in [1.54, 1.807) is 0 Å². The van der Waals surface area contributed by atoms with E-state index >= 15 is 0 Å². The van der Waals surface area contributed by atoms with E-state index in [1.807, 2.05) is 0 Å². The van der Waals surface area contributed by atoms with E-state index in [0.717, 1.165) is 5.92 Å². The quantitative estimate of drug-likeness (QED) is 0.558. The molecule has 0 aromatic heterocycles. The summed E-state index contributed by atoms with van der Waals surface area (Å²) in [7, 11) is 0. The second-order valence-corrected chi connectivity index (χ2v) is 4.40. The molecule has 0 N–H and O–H groups in total. The molecule has 1 atom stereocenters. The van der Waals surface area contributed by atoms with Crippen LogP contribution in [0.15, 0.2) is 0 Å². The summed E-state index contributed by atoms with van der Waals surface area (Å²) in [5.74, 6) is 0.986. The molecule has 64 valence electrons. The van der Waals surface area contributed by atoms with Crippen molar-refractivity contribution in [2.45, 2.75) is 45.1 Å². The van der Waals surface area contributed by atoms with Gasteiger partial charge >= 0.3 is 0 Å². The van der Waals surface area contributed by atoms with Gasteiger partial charge in [0.25, 0.3) is 0 Å². The van der Waals surface area contributed by atoms with Crippen LogP contribution in [0.5, 0.6) is 0 Å². The Morgan fingerprint density at radius 1 is 1.45 bits per heavy atom. The first-order valence-corrected chi connectivity index (χ1v) is 5.02. The van der Waals surface area contributed by atoms with Gasteiger partial charge in [-0.2, -0.15) is 0 Å². The van der Waals surface area contributed by atoms with E-state index in [1.165, 1.54) is 38.8 Å². The van der Waals surface area contributed by atoms with Crippen LogP contribution in [0.3, 0.4) is 0 Å². The SMILES string of the molecule is CCN1CCC(C)CC12CC2. The zero-order valence-corrected chi connectivity index (χ0v) is 7.77. The van der Waals surface area contributed by atoms with Crippen molar-refractivity contribution in [3.05, 3.63) is 0 Å². The molecule has 0 aromatic rings. The Morgan fingerprint density at radius 3 is 2.73 bits per heavy atom. The molecule has 1 saturated heterocycles. The molecule has 1 heteroatoms. The molecule has 1 nitrogen and oxygen atoms in total. The van der Waals surface area contributed by atoms with Crippen molar-refractivity contribution in [2.24, 2.45) is 5.92 Å².